The van der Waals surface area contributed by atoms with E-state index in [1.54, 1.807) is 12.4 Å². The Morgan fingerprint density at radius 3 is 2.82 bits per heavy atom. The normalized spacial score (nSPS) is 17.5. The van der Waals surface area contributed by atoms with E-state index in [4.69, 9.17) is 14.7 Å². The van der Waals surface area contributed by atoms with Gasteiger partial charge in [0.1, 0.15) is 6.61 Å². The molecule has 2 aromatic carbocycles. The largest absolute Gasteiger partial charge is 0.462 e. The number of aryl methyl sites for hydroxylation is 1. The quantitative estimate of drug-likeness (QED) is 0.351. The molecule has 2 aliphatic rings. The highest BCUT2D eigenvalue weighted by atomic mass is 16.5. The number of nitrogens with zero attached hydrogens (tertiary/aromatic N) is 6. The monoisotopic (exact) mass is 508 g/mol. The maximum Gasteiger partial charge on any atom is 0.317 e. The minimum Gasteiger partial charge on any atom is -0.462 e. The second kappa shape index (κ2) is 10.0. The highest BCUT2D eigenvalue weighted by Crippen LogP contribution is 2.35. The summed E-state index contributed by atoms with van der Waals surface area (Å²) in [4.78, 5) is 26.6. The molecule has 8 nitrogen and oxygen atoms in total. The van der Waals surface area contributed by atoms with Crippen LogP contribution < -0.4 is 9.64 Å². The zero-order valence-corrected chi connectivity index (χ0v) is 21.9. The van der Waals surface area contributed by atoms with Crippen LogP contribution in [0.15, 0.2) is 61.4 Å². The smallest absolute Gasteiger partial charge is 0.317 e. The molecule has 0 unspecified atom stereocenters. The number of carbonyl (C=O) groups is 1. The van der Waals surface area contributed by atoms with E-state index in [1.807, 2.05) is 0 Å². The molecule has 0 aliphatic carbocycles. The lowest BCUT2D eigenvalue weighted by atomic mass is 9.97. The van der Waals surface area contributed by atoms with Crippen molar-refractivity contribution >= 4 is 22.4 Å². The van der Waals surface area contributed by atoms with Crippen LogP contribution in [0, 0.1) is 6.92 Å². The summed E-state index contributed by atoms with van der Waals surface area (Å²) in [6.45, 7) is 8.86. The molecule has 4 aromatic rings. The van der Waals surface area contributed by atoms with E-state index in [1.165, 1.54) is 39.2 Å². The summed E-state index contributed by atoms with van der Waals surface area (Å²) in [5.41, 5.74) is 6.05. The first-order valence-electron chi connectivity index (χ1n) is 13.2. The molecule has 4 heterocycles. The van der Waals surface area contributed by atoms with Gasteiger partial charge in [-0.15, -0.1) is 0 Å². The average Bonchev–Trinajstić information content (AvgIpc) is 3.60. The van der Waals surface area contributed by atoms with Gasteiger partial charge in [-0.3, -0.25) is 4.79 Å². The van der Waals surface area contributed by atoms with Gasteiger partial charge in [-0.2, -0.15) is 15.1 Å². The number of hydrogen-bond acceptors (Lipinski definition) is 7. The Morgan fingerprint density at radius 1 is 1.18 bits per heavy atom. The Morgan fingerprint density at radius 2 is 2.03 bits per heavy atom. The molecule has 2 aromatic heterocycles. The molecule has 0 amide bonds. The van der Waals surface area contributed by atoms with Crippen molar-refractivity contribution in [3.63, 3.8) is 0 Å². The van der Waals surface area contributed by atoms with Gasteiger partial charge in [0.05, 0.1) is 24.1 Å². The zero-order chi connectivity index (χ0) is 26.2. The number of likely N-dealkylation sites (N-methyl/N-ethyl adjacent to an activating group) is 1. The zero-order valence-electron chi connectivity index (χ0n) is 21.9. The molecule has 0 spiro atoms. The molecule has 0 saturated carbocycles. The predicted octanol–water partition coefficient (Wildman–Crippen LogP) is 4.66. The number of allylic oxidation sites excluding steroid dienone is 1. The highest BCUT2D eigenvalue weighted by Gasteiger charge is 2.27. The first kappa shape index (κ1) is 24.3. The maximum atomic E-state index is 12.1. The van der Waals surface area contributed by atoms with Gasteiger partial charge >= 0.3 is 6.01 Å². The number of ether oxygens (including phenoxy) is 1. The van der Waals surface area contributed by atoms with E-state index in [0.29, 0.717) is 25.2 Å². The molecule has 0 radical (unpaired) electrons. The van der Waals surface area contributed by atoms with Crippen molar-refractivity contribution in [2.24, 2.45) is 0 Å². The molecule has 1 fully saturated rings. The topological polar surface area (TPSA) is 76.4 Å². The van der Waals surface area contributed by atoms with Gasteiger partial charge in [-0.1, -0.05) is 36.9 Å². The number of rotatable bonds is 6. The Kier molecular flexibility index (Phi) is 6.41. The van der Waals surface area contributed by atoms with Crippen molar-refractivity contribution in [3.05, 3.63) is 78.3 Å². The van der Waals surface area contributed by atoms with Crippen molar-refractivity contribution < 1.29 is 9.53 Å². The number of likely N-dealkylation sites (tertiary alicyclic amines) is 1. The van der Waals surface area contributed by atoms with E-state index in [-0.39, 0.29) is 5.91 Å². The Labute approximate surface area is 222 Å². The van der Waals surface area contributed by atoms with Gasteiger partial charge in [-0.05, 0) is 62.9 Å². The molecular formula is C30H32N6O2. The van der Waals surface area contributed by atoms with Crippen LogP contribution >= 0.6 is 0 Å². The lowest BCUT2D eigenvalue weighted by Gasteiger charge is -2.32. The second-order valence-electron chi connectivity index (χ2n) is 10.2. The van der Waals surface area contributed by atoms with E-state index in [9.17, 15) is 4.79 Å². The third-order valence-corrected chi connectivity index (χ3v) is 7.81. The van der Waals surface area contributed by atoms with Gasteiger partial charge in [0.25, 0.3) is 5.91 Å². The predicted molar refractivity (Wildman–Crippen MR) is 149 cm³/mol. The molecular weight excluding hydrogens is 476 g/mol. The summed E-state index contributed by atoms with van der Waals surface area (Å²) in [6.07, 6.45) is 7.71. The lowest BCUT2D eigenvalue weighted by Crippen LogP contribution is -2.33. The summed E-state index contributed by atoms with van der Waals surface area (Å²) in [7, 11) is 2.13. The first-order valence-corrected chi connectivity index (χ1v) is 13.2. The number of fused-ring (bicyclic) bond motifs is 2. The van der Waals surface area contributed by atoms with E-state index in [2.05, 4.69) is 71.8 Å². The third-order valence-electron chi connectivity index (χ3n) is 7.81. The fraction of sp³-hybridized carbons (Fsp3) is 0.333. The number of hydrogen-bond donors (Lipinski definition) is 0. The summed E-state index contributed by atoms with van der Waals surface area (Å²) in [6, 6.07) is 13.7. The first-order chi connectivity index (χ1) is 18.5. The lowest BCUT2D eigenvalue weighted by molar-refractivity contribution is 0.0954. The van der Waals surface area contributed by atoms with Crippen molar-refractivity contribution in [1.82, 2.24) is 24.6 Å². The fourth-order valence-corrected chi connectivity index (χ4v) is 5.71. The summed E-state index contributed by atoms with van der Waals surface area (Å²) in [5.74, 6) is -0.280. The van der Waals surface area contributed by atoms with E-state index in [0.717, 1.165) is 48.4 Å². The van der Waals surface area contributed by atoms with Gasteiger partial charge in [0.2, 0.25) is 0 Å². The Hall–Kier alpha value is -4.04. The van der Waals surface area contributed by atoms with Crippen molar-refractivity contribution in [1.29, 1.82) is 0 Å². The minimum atomic E-state index is -0.280. The molecule has 38 heavy (non-hydrogen) atoms. The van der Waals surface area contributed by atoms with Gasteiger partial charge in [-0.25, -0.2) is 4.68 Å². The van der Waals surface area contributed by atoms with Crippen LogP contribution in [0.4, 0.5) is 5.69 Å². The summed E-state index contributed by atoms with van der Waals surface area (Å²) >= 11 is 0. The van der Waals surface area contributed by atoms with E-state index < -0.39 is 0 Å². The van der Waals surface area contributed by atoms with Gasteiger partial charge in [0.15, 0.2) is 0 Å². The van der Waals surface area contributed by atoms with Crippen molar-refractivity contribution in [2.45, 2.75) is 38.8 Å². The average molecular weight is 509 g/mol. The van der Waals surface area contributed by atoms with Crippen LogP contribution in [0.3, 0.4) is 0 Å². The molecule has 1 saturated heterocycles. The fourth-order valence-electron chi connectivity index (χ4n) is 5.71. The molecule has 8 heteroatoms. The second-order valence-corrected chi connectivity index (χ2v) is 10.2. The number of carbonyl (C=O) groups excluding carboxylic acids is 1. The SMILES string of the molecule is C=CC(=O)n1cc(-c2nc(OC[C@@H]3CCCN3C)nc3c2CCN(c2cccc4cccc(C)c24)C3)cn1. The molecule has 194 valence electrons. The minimum absolute atomic E-state index is 0.280. The van der Waals surface area contributed by atoms with Crippen LogP contribution in [0.2, 0.25) is 0 Å². The van der Waals surface area contributed by atoms with E-state index >= 15 is 0 Å². The van der Waals surface area contributed by atoms with Gasteiger partial charge < -0.3 is 14.5 Å². The molecule has 1 atom stereocenters. The third kappa shape index (κ3) is 4.45. The standard InChI is InChI=1S/C30H32N6O2/c1-4-27(37)36-17-22(16-31-36)29-24-13-15-35(26-12-6-10-21-9-5-8-20(2)28(21)26)18-25(24)32-30(33-29)38-19-23-11-7-14-34(23)3/h4-6,8-10,12,16-17,23H,1,7,11,13-15,18-19H2,2-3H3/t23-/m0/s1. The number of benzene rings is 2. The Balaban J connectivity index is 1.38. The highest BCUT2D eigenvalue weighted by molar-refractivity contribution is 5.97. The van der Waals surface area contributed by atoms with Crippen molar-refractivity contribution in [3.8, 4) is 17.3 Å². The number of aromatic nitrogens is 4. The van der Waals surface area contributed by atoms with Crippen LogP contribution in [0.5, 0.6) is 6.01 Å². The molecule has 0 N–H and O–H groups in total. The van der Waals surface area contributed by atoms with Crippen LogP contribution in [0.25, 0.3) is 22.0 Å². The van der Waals surface area contributed by atoms with Crippen LogP contribution in [0.1, 0.15) is 34.5 Å². The molecule has 2 aliphatic heterocycles. The summed E-state index contributed by atoms with van der Waals surface area (Å²) in [5, 5.41) is 6.76. The van der Waals surface area contributed by atoms with Crippen molar-refractivity contribution in [2.75, 3.05) is 31.6 Å². The molecule has 6 rings (SSSR count). The number of anilines is 1. The van der Waals surface area contributed by atoms with Crippen LogP contribution in [-0.4, -0.2) is 63.3 Å². The van der Waals surface area contributed by atoms with Gasteiger partial charge in [0, 0.05) is 41.0 Å². The summed E-state index contributed by atoms with van der Waals surface area (Å²) < 4.78 is 7.49. The maximum absolute atomic E-state index is 12.1. The van der Waals surface area contributed by atoms with Crippen LogP contribution in [-0.2, 0) is 13.0 Å². The Bertz CT molecular complexity index is 1520. The molecule has 0 bridgehead atoms.